The zero-order chi connectivity index (χ0) is 16.9. The lowest BCUT2D eigenvalue weighted by atomic mass is 9.67. The first-order valence-electron chi connectivity index (χ1n) is 8.59. The Hall–Kier alpha value is -1.56. The summed E-state index contributed by atoms with van der Waals surface area (Å²) in [5.74, 6) is 0.889. The molecule has 1 saturated carbocycles. The van der Waals surface area contributed by atoms with Crippen molar-refractivity contribution < 1.29 is 0 Å². The molecule has 1 fully saturated rings. The quantitative estimate of drug-likeness (QED) is 0.594. The van der Waals surface area contributed by atoms with E-state index >= 15 is 0 Å². The van der Waals surface area contributed by atoms with Crippen molar-refractivity contribution in [2.75, 3.05) is 34.2 Å². The summed E-state index contributed by atoms with van der Waals surface area (Å²) < 4.78 is 1.85. The molecule has 1 aromatic heterocycles. The molecule has 2 rings (SSSR count). The number of hydrogen-bond acceptors (Lipinski definition) is 3. The minimum atomic E-state index is 0.270. The predicted molar refractivity (Wildman–Crippen MR) is 95.6 cm³/mol. The van der Waals surface area contributed by atoms with Gasteiger partial charge in [0.15, 0.2) is 5.96 Å². The Kier molecular flexibility index (Phi) is 6.04. The topological polar surface area (TPSA) is 57.5 Å². The third-order valence-corrected chi connectivity index (χ3v) is 5.21. The fourth-order valence-corrected chi connectivity index (χ4v) is 3.23. The zero-order valence-electron chi connectivity index (χ0n) is 15.3. The van der Waals surface area contributed by atoms with Crippen LogP contribution in [-0.2, 0) is 7.05 Å². The van der Waals surface area contributed by atoms with Gasteiger partial charge in [0, 0.05) is 38.9 Å². The van der Waals surface area contributed by atoms with Crippen molar-refractivity contribution in [2.24, 2.45) is 17.5 Å². The maximum Gasteiger partial charge on any atom is 0.191 e. The van der Waals surface area contributed by atoms with Gasteiger partial charge in [-0.05, 0) is 38.8 Å². The van der Waals surface area contributed by atoms with Gasteiger partial charge in [0.1, 0.15) is 0 Å². The highest BCUT2D eigenvalue weighted by atomic mass is 15.3. The number of aryl methyl sites for hydroxylation is 1. The monoisotopic (exact) mass is 320 g/mol. The molecule has 1 aliphatic rings. The van der Waals surface area contributed by atoms with E-state index < -0.39 is 0 Å². The molecule has 6 nitrogen and oxygen atoms in total. The molecule has 130 valence electrons. The summed E-state index contributed by atoms with van der Waals surface area (Å²) in [6.45, 7) is 4.11. The van der Waals surface area contributed by atoms with E-state index in [9.17, 15) is 0 Å². The molecule has 0 saturated heterocycles. The Morgan fingerprint density at radius 1 is 1.43 bits per heavy atom. The number of rotatable bonds is 7. The second-order valence-corrected chi connectivity index (χ2v) is 6.94. The van der Waals surface area contributed by atoms with E-state index in [0.29, 0.717) is 5.41 Å². The summed E-state index contributed by atoms with van der Waals surface area (Å²) in [4.78, 5) is 6.57. The lowest BCUT2D eigenvalue weighted by Crippen LogP contribution is -2.47. The van der Waals surface area contributed by atoms with Gasteiger partial charge >= 0.3 is 0 Å². The van der Waals surface area contributed by atoms with Crippen LogP contribution in [0.25, 0.3) is 0 Å². The molecule has 1 heterocycles. The van der Waals surface area contributed by atoms with Crippen LogP contribution < -0.4 is 10.6 Å². The molecule has 1 aliphatic carbocycles. The molecule has 23 heavy (non-hydrogen) atoms. The summed E-state index contributed by atoms with van der Waals surface area (Å²) in [6, 6.07) is 0.270. The Morgan fingerprint density at radius 3 is 2.61 bits per heavy atom. The minimum absolute atomic E-state index is 0.270. The van der Waals surface area contributed by atoms with Gasteiger partial charge in [-0.15, -0.1) is 0 Å². The first kappa shape index (κ1) is 17.8. The van der Waals surface area contributed by atoms with Gasteiger partial charge in [-0.3, -0.25) is 9.67 Å². The minimum Gasteiger partial charge on any atom is -0.356 e. The van der Waals surface area contributed by atoms with E-state index in [1.165, 1.54) is 31.2 Å². The molecule has 0 aromatic carbocycles. The molecule has 0 spiro atoms. The summed E-state index contributed by atoms with van der Waals surface area (Å²) in [5.41, 5.74) is 1.70. The molecule has 1 atom stereocenters. The standard InChI is InChI=1S/C17H32N6/c1-6-17(8-7-9-17)13-20-16(18-2)19-11-15(22(3)4)14-10-21-23(5)12-14/h10,12,15H,6-9,11,13H2,1-5H3,(H2,18,19,20). The molecule has 0 aliphatic heterocycles. The lowest BCUT2D eigenvalue weighted by molar-refractivity contribution is 0.131. The number of nitrogens with zero attached hydrogens (tertiary/aromatic N) is 4. The summed E-state index contributed by atoms with van der Waals surface area (Å²) >= 11 is 0. The molecular formula is C17H32N6. The van der Waals surface area contributed by atoms with Gasteiger partial charge < -0.3 is 15.5 Å². The fraction of sp³-hybridized carbons (Fsp3) is 0.765. The normalized spacial score (nSPS) is 18.6. The van der Waals surface area contributed by atoms with Crippen molar-refractivity contribution in [3.05, 3.63) is 18.0 Å². The highest BCUT2D eigenvalue weighted by Gasteiger charge is 2.34. The number of aliphatic imine (C=N–C) groups is 1. The Bertz CT molecular complexity index is 509. The fourth-order valence-electron chi connectivity index (χ4n) is 3.23. The number of hydrogen-bond donors (Lipinski definition) is 2. The van der Waals surface area contributed by atoms with Gasteiger partial charge in [-0.2, -0.15) is 5.10 Å². The molecular weight excluding hydrogens is 288 g/mol. The molecule has 6 heteroatoms. The third kappa shape index (κ3) is 4.47. The second kappa shape index (κ2) is 7.81. The van der Waals surface area contributed by atoms with Crippen LogP contribution in [0.15, 0.2) is 17.4 Å². The van der Waals surface area contributed by atoms with Crippen LogP contribution in [0.3, 0.4) is 0 Å². The van der Waals surface area contributed by atoms with Gasteiger partial charge in [-0.1, -0.05) is 13.3 Å². The van der Waals surface area contributed by atoms with E-state index in [4.69, 9.17) is 0 Å². The lowest BCUT2D eigenvalue weighted by Gasteiger charge is -2.41. The predicted octanol–water partition coefficient (Wildman–Crippen LogP) is 1.77. The Labute approximate surface area is 140 Å². The van der Waals surface area contributed by atoms with E-state index in [2.05, 4.69) is 52.8 Å². The molecule has 0 bridgehead atoms. The van der Waals surface area contributed by atoms with Crippen LogP contribution in [0.5, 0.6) is 0 Å². The average molecular weight is 320 g/mol. The van der Waals surface area contributed by atoms with Crippen LogP contribution in [0.1, 0.15) is 44.2 Å². The molecule has 0 amide bonds. The number of likely N-dealkylation sites (N-methyl/N-ethyl adjacent to an activating group) is 1. The van der Waals surface area contributed by atoms with E-state index in [-0.39, 0.29) is 6.04 Å². The van der Waals surface area contributed by atoms with Crippen LogP contribution in [0.4, 0.5) is 0 Å². The average Bonchev–Trinajstić information content (AvgIpc) is 2.90. The summed E-state index contributed by atoms with van der Waals surface area (Å²) in [7, 11) is 7.97. The number of nitrogens with one attached hydrogen (secondary N) is 2. The largest absolute Gasteiger partial charge is 0.356 e. The van der Waals surface area contributed by atoms with Crippen molar-refractivity contribution in [3.63, 3.8) is 0 Å². The highest BCUT2D eigenvalue weighted by Crippen LogP contribution is 2.42. The maximum absolute atomic E-state index is 4.37. The molecule has 0 radical (unpaired) electrons. The van der Waals surface area contributed by atoms with Crippen molar-refractivity contribution >= 4 is 5.96 Å². The Morgan fingerprint density at radius 2 is 2.17 bits per heavy atom. The van der Waals surface area contributed by atoms with E-state index in [1.54, 1.807) is 0 Å². The zero-order valence-corrected chi connectivity index (χ0v) is 15.3. The van der Waals surface area contributed by atoms with Crippen molar-refractivity contribution in [3.8, 4) is 0 Å². The van der Waals surface area contributed by atoms with Crippen molar-refractivity contribution in [1.29, 1.82) is 0 Å². The van der Waals surface area contributed by atoms with Gasteiger partial charge in [0.05, 0.1) is 12.2 Å². The summed E-state index contributed by atoms with van der Waals surface area (Å²) in [6.07, 6.45) is 9.29. The van der Waals surface area contributed by atoms with E-state index in [0.717, 1.165) is 19.0 Å². The first-order chi connectivity index (χ1) is 11.0. The number of aromatic nitrogens is 2. The van der Waals surface area contributed by atoms with Crippen LogP contribution in [-0.4, -0.2) is 54.9 Å². The maximum atomic E-state index is 4.37. The van der Waals surface area contributed by atoms with Gasteiger partial charge in [-0.25, -0.2) is 0 Å². The van der Waals surface area contributed by atoms with Crippen molar-refractivity contribution in [1.82, 2.24) is 25.3 Å². The second-order valence-electron chi connectivity index (χ2n) is 6.94. The first-order valence-corrected chi connectivity index (χ1v) is 8.59. The smallest absolute Gasteiger partial charge is 0.191 e. The third-order valence-electron chi connectivity index (χ3n) is 5.21. The molecule has 2 N–H and O–H groups in total. The van der Waals surface area contributed by atoms with Crippen LogP contribution in [0, 0.1) is 5.41 Å². The molecule has 1 aromatic rings. The number of guanidine groups is 1. The van der Waals surface area contributed by atoms with E-state index in [1.807, 2.05) is 25.0 Å². The van der Waals surface area contributed by atoms with Crippen LogP contribution in [0.2, 0.25) is 0 Å². The SMILES string of the molecule is CCC1(CNC(=NC)NCC(c2cnn(C)c2)N(C)C)CCC1. The van der Waals surface area contributed by atoms with Gasteiger partial charge in [0.2, 0.25) is 0 Å². The van der Waals surface area contributed by atoms with Crippen molar-refractivity contribution in [2.45, 2.75) is 38.6 Å². The highest BCUT2D eigenvalue weighted by molar-refractivity contribution is 5.79. The molecule has 1 unspecified atom stereocenters. The van der Waals surface area contributed by atoms with Gasteiger partial charge in [0.25, 0.3) is 0 Å². The Balaban J connectivity index is 1.88. The van der Waals surface area contributed by atoms with Crippen LogP contribution >= 0.6 is 0 Å². The summed E-state index contributed by atoms with van der Waals surface area (Å²) in [5, 5.41) is 11.3.